The van der Waals surface area contributed by atoms with E-state index in [1.807, 2.05) is 29.6 Å². The van der Waals surface area contributed by atoms with Crippen LogP contribution < -0.4 is 10.2 Å². The van der Waals surface area contributed by atoms with Crippen LogP contribution in [0, 0.1) is 0 Å². The van der Waals surface area contributed by atoms with Crippen molar-refractivity contribution < 1.29 is 22.7 Å². The monoisotopic (exact) mass is 487 g/mol. The largest absolute Gasteiger partial charge is 0.379 e. The fraction of sp³-hybridized carbons (Fsp3) is 0.348. The van der Waals surface area contributed by atoms with Gasteiger partial charge in [-0.2, -0.15) is 4.31 Å². The molecule has 2 aromatic carbocycles. The maximum absolute atomic E-state index is 13.4. The van der Waals surface area contributed by atoms with Crippen molar-refractivity contribution in [2.24, 2.45) is 0 Å². The third-order valence-corrected chi connectivity index (χ3v) is 8.68. The van der Waals surface area contributed by atoms with Crippen molar-refractivity contribution in [3.63, 3.8) is 0 Å². The number of nitrogens with one attached hydrogen (secondary N) is 1. The van der Waals surface area contributed by atoms with E-state index in [1.165, 1.54) is 10.4 Å². The van der Waals surface area contributed by atoms with Crippen molar-refractivity contribution in [2.75, 3.05) is 62.8 Å². The Bertz CT molecular complexity index is 1260. The van der Waals surface area contributed by atoms with Crippen LogP contribution in [0.4, 0.5) is 11.4 Å². The van der Waals surface area contributed by atoms with E-state index in [0.29, 0.717) is 69.5 Å². The average molecular weight is 488 g/mol. The molecule has 8 nitrogen and oxygen atoms in total. The summed E-state index contributed by atoms with van der Waals surface area (Å²) in [5, 5.41) is 6.01. The molecule has 0 unspecified atom stereocenters. The summed E-state index contributed by atoms with van der Waals surface area (Å²) < 4.78 is 39.8. The van der Waals surface area contributed by atoms with E-state index in [1.54, 1.807) is 23.5 Å². The highest BCUT2D eigenvalue weighted by Gasteiger charge is 2.29. The lowest BCUT2D eigenvalue weighted by Crippen LogP contribution is -2.41. The summed E-state index contributed by atoms with van der Waals surface area (Å²) in [4.78, 5) is 15.6. The Hall–Kier alpha value is -2.50. The third-order valence-electron chi connectivity index (χ3n) is 5.88. The van der Waals surface area contributed by atoms with Crippen molar-refractivity contribution in [3.05, 3.63) is 53.4 Å². The number of anilines is 2. The minimum Gasteiger partial charge on any atom is -0.379 e. The number of morpholine rings is 2. The minimum atomic E-state index is -3.73. The van der Waals surface area contributed by atoms with E-state index in [-0.39, 0.29) is 10.8 Å². The van der Waals surface area contributed by atoms with Crippen molar-refractivity contribution in [2.45, 2.75) is 4.90 Å². The molecule has 1 aromatic heterocycles. The molecule has 174 valence electrons. The first-order chi connectivity index (χ1) is 16.0. The number of hydrogen-bond donors (Lipinski definition) is 1. The summed E-state index contributed by atoms with van der Waals surface area (Å²) >= 11 is 1.64. The van der Waals surface area contributed by atoms with Crippen molar-refractivity contribution in [1.29, 1.82) is 0 Å². The van der Waals surface area contributed by atoms with E-state index in [2.05, 4.69) is 10.2 Å². The molecule has 2 aliphatic heterocycles. The van der Waals surface area contributed by atoms with E-state index < -0.39 is 10.0 Å². The molecule has 33 heavy (non-hydrogen) atoms. The predicted molar refractivity (Wildman–Crippen MR) is 129 cm³/mol. The van der Waals surface area contributed by atoms with Gasteiger partial charge in [-0.1, -0.05) is 0 Å². The molecule has 1 N–H and O–H groups in total. The lowest BCUT2D eigenvalue weighted by molar-refractivity contribution is 0.0730. The Kier molecular flexibility index (Phi) is 6.35. The SMILES string of the molecule is O=C(Nc1ccc2sccc2c1)c1cc(S(=O)(=O)N2CCOCC2)ccc1N1CCOCC1. The molecule has 10 heteroatoms. The Morgan fingerprint density at radius 3 is 2.39 bits per heavy atom. The number of fused-ring (bicyclic) bond motifs is 1. The zero-order chi connectivity index (χ0) is 22.8. The van der Waals surface area contributed by atoms with Gasteiger partial charge in [0, 0.05) is 42.3 Å². The van der Waals surface area contributed by atoms with Crippen molar-refractivity contribution in [3.8, 4) is 0 Å². The molecule has 0 aliphatic carbocycles. The van der Waals surface area contributed by atoms with Crippen LogP contribution in [0.1, 0.15) is 10.4 Å². The summed E-state index contributed by atoms with van der Waals surface area (Å²) in [7, 11) is -3.73. The second-order valence-corrected chi connectivity index (χ2v) is 10.8. The van der Waals surface area contributed by atoms with Crippen LogP contribution in [0.2, 0.25) is 0 Å². The number of ether oxygens (including phenoxy) is 2. The van der Waals surface area contributed by atoms with Gasteiger partial charge in [-0.3, -0.25) is 4.79 Å². The van der Waals surface area contributed by atoms with E-state index >= 15 is 0 Å². The van der Waals surface area contributed by atoms with Gasteiger partial charge in [0.1, 0.15) is 0 Å². The number of thiophene rings is 1. The van der Waals surface area contributed by atoms with Gasteiger partial charge in [-0.15, -0.1) is 11.3 Å². The van der Waals surface area contributed by atoms with Crippen LogP contribution in [0.15, 0.2) is 52.7 Å². The van der Waals surface area contributed by atoms with Crippen LogP contribution in [-0.2, 0) is 19.5 Å². The smallest absolute Gasteiger partial charge is 0.257 e. The Balaban J connectivity index is 1.50. The molecule has 0 atom stereocenters. The number of carbonyl (C=O) groups excluding carboxylic acids is 1. The average Bonchev–Trinajstić information content (AvgIpc) is 3.33. The quantitative estimate of drug-likeness (QED) is 0.595. The number of carbonyl (C=O) groups is 1. The number of nitrogens with zero attached hydrogens (tertiary/aromatic N) is 2. The fourth-order valence-electron chi connectivity index (χ4n) is 4.12. The number of benzene rings is 2. The Labute approximate surface area is 196 Å². The first kappa shape index (κ1) is 22.3. The van der Waals surface area contributed by atoms with Crippen LogP contribution in [0.25, 0.3) is 10.1 Å². The van der Waals surface area contributed by atoms with Gasteiger partial charge in [0.25, 0.3) is 5.91 Å². The maximum Gasteiger partial charge on any atom is 0.257 e. The number of hydrogen-bond acceptors (Lipinski definition) is 7. The first-order valence-electron chi connectivity index (χ1n) is 10.9. The molecule has 2 aliphatic rings. The van der Waals surface area contributed by atoms with Gasteiger partial charge < -0.3 is 19.7 Å². The number of amides is 1. The van der Waals surface area contributed by atoms with E-state index in [0.717, 1.165) is 10.1 Å². The lowest BCUT2D eigenvalue weighted by atomic mass is 10.1. The van der Waals surface area contributed by atoms with Gasteiger partial charge in [0.15, 0.2) is 0 Å². The first-order valence-corrected chi connectivity index (χ1v) is 13.2. The van der Waals surface area contributed by atoms with Gasteiger partial charge >= 0.3 is 0 Å². The molecule has 0 spiro atoms. The maximum atomic E-state index is 13.4. The third kappa shape index (κ3) is 4.62. The van der Waals surface area contributed by atoms with Crippen LogP contribution >= 0.6 is 11.3 Å². The van der Waals surface area contributed by atoms with Crippen LogP contribution in [0.5, 0.6) is 0 Å². The Morgan fingerprint density at radius 2 is 1.64 bits per heavy atom. The van der Waals surface area contributed by atoms with Gasteiger partial charge in [0.05, 0.1) is 36.9 Å². The molecule has 2 saturated heterocycles. The standard InChI is InChI=1S/C23H25N3O5S2/c27-23(24-18-1-4-22-17(15-18)5-14-32-22)20-16-19(33(28,29)26-8-12-31-13-9-26)2-3-21(20)25-6-10-30-11-7-25/h1-5,14-16H,6-13H2,(H,24,27). The lowest BCUT2D eigenvalue weighted by Gasteiger charge is -2.31. The number of sulfonamides is 1. The Morgan fingerprint density at radius 1 is 0.909 bits per heavy atom. The normalized spacial score (nSPS) is 17.9. The van der Waals surface area contributed by atoms with Crippen molar-refractivity contribution in [1.82, 2.24) is 4.31 Å². The molecule has 5 rings (SSSR count). The van der Waals surface area contributed by atoms with Gasteiger partial charge in [-0.25, -0.2) is 8.42 Å². The van der Waals surface area contributed by atoms with E-state index in [9.17, 15) is 13.2 Å². The zero-order valence-electron chi connectivity index (χ0n) is 18.0. The molecular weight excluding hydrogens is 462 g/mol. The molecule has 2 fully saturated rings. The zero-order valence-corrected chi connectivity index (χ0v) is 19.7. The van der Waals surface area contributed by atoms with Crippen LogP contribution in [-0.4, -0.2) is 71.2 Å². The summed E-state index contributed by atoms with van der Waals surface area (Å²) in [5.74, 6) is -0.343. The molecule has 3 aromatic rings. The molecule has 3 heterocycles. The summed E-state index contributed by atoms with van der Waals surface area (Å²) in [6.07, 6.45) is 0. The van der Waals surface area contributed by atoms with E-state index in [4.69, 9.17) is 9.47 Å². The highest BCUT2D eigenvalue weighted by atomic mass is 32.2. The molecule has 0 radical (unpaired) electrons. The highest BCUT2D eigenvalue weighted by molar-refractivity contribution is 7.89. The van der Waals surface area contributed by atoms with Gasteiger partial charge in [0.2, 0.25) is 10.0 Å². The highest BCUT2D eigenvalue weighted by Crippen LogP contribution is 2.29. The summed E-state index contributed by atoms with van der Waals surface area (Å²) in [6.45, 7) is 3.72. The van der Waals surface area contributed by atoms with Crippen molar-refractivity contribution >= 4 is 48.7 Å². The summed E-state index contributed by atoms with van der Waals surface area (Å²) in [5.41, 5.74) is 1.70. The summed E-state index contributed by atoms with van der Waals surface area (Å²) in [6, 6.07) is 12.6. The van der Waals surface area contributed by atoms with Gasteiger partial charge in [-0.05, 0) is 53.2 Å². The predicted octanol–water partition coefficient (Wildman–Crippen LogP) is 3.01. The molecule has 1 amide bonds. The fourth-order valence-corrected chi connectivity index (χ4v) is 6.32. The van der Waals surface area contributed by atoms with Crippen LogP contribution in [0.3, 0.4) is 0 Å². The molecule has 0 bridgehead atoms. The topological polar surface area (TPSA) is 88.2 Å². The molecule has 0 saturated carbocycles. The molecular formula is C23H25N3O5S2. The second kappa shape index (κ2) is 9.40. The second-order valence-electron chi connectivity index (χ2n) is 7.92. The minimum absolute atomic E-state index is 0.111. The number of rotatable bonds is 5.